The van der Waals surface area contributed by atoms with Crippen molar-refractivity contribution >= 4 is 16.9 Å². The number of hydrogen-bond acceptors (Lipinski definition) is 6. The summed E-state index contributed by atoms with van der Waals surface area (Å²) >= 11 is 0. The fourth-order valence-corrected chi connectivity index (χ4v) is 4.29. The van der Waals surface area contributed by atoms with E-state index in [2.05, 4.69) is 0 Å². The molecule has 0 spiro atoms. The van der Waals surface area contributed by atoms with Gasteiger partial charge in [0.15, 0.2) is 11.5 Å². The van der Waals surface area contributed by atoms with Gasteiger partial charge in [0.05, 0.1) is 17.4 Å². The molecule has 1 atom stereocenters. The first kappa shape index (κ1) is 17.8. The number of esters is 1. The van der Waals surface area contributed by atoms with E-state index in [0.717, 1.165) is 11.1 Å². The summed E-state index contributed by atoms with van der Waals surface area (Å²) in [5.41, 5.74) is 3.13. The zero-order valence-electron chi connectivity index (χ0n) is 16.3. The lowest BCUT2D eigenvalue weighted by molar-refractivity contribution is -0.135. The monoisotopic (exact) mass is 412 g/mol. The average molecular weight is 412 g/mol. The molecule has 2 aliphatic rings. The van der Waals surface area contributed by atoms with Crippen molar-refractivity contribution in [1.82, 2.24) is 0 Å². The maximum absolute atomic E-state index is 13.3. The normalized spacial score (nSPS) is 16.8. The van der Waals surface area contributed by atoms with E-state index in [9.17, 15) is 9.59 Å². The number of rotatable bonds is 2. The molecule has 2 aliphatic heterocycles. The smallest absolute Gasteiger partial charge is 0.312 e. The molecule has 3 heterocycles. The van der Waals surface area contributed by atoms with E-state index in [4.69, 9.17) is 18.6 Å². The quantitative estimate of drug-likeness (QED) is 0.353. The molecule has 1 aromatic heterocycles. The van der Waals surface area contributed by atoms with Gasteiger partial charge in [-0.25, -0.2) is 0 Å². The summed E-state index contributed by atoms with van der Waals surface area (Å²) in [6, 6.07) is 18.3. The first-order valence-electron chi connectivity index (χ1n) is 9.93. The number of benzene rings is 3. The van der Waals surface area contributed by atoms with Crippen LogP contribution in [0.25, 0.3) is 22.1 Å². The van der Waals surface area contributed by atoms with Crippen molar-refractivity contribution < 1.29 is 23.4 Å². The van der Waals surface area contributed by atoms with Crippen molar-refractivity contribution in [2.24, 2.45) is 0 Å². The third-order valence-electron chi connectivity index (χ3n) is 5.77. The summed E-state index contributed by atoms with van der Waals surface area (Å²) in [6.45, 7) is 0.169. The molecule has 4 aromatic rings. The minimum absolute atomic E-state index is 0.128. The molecule has 0 fully saturated rings. The van der Waals surface area contributed by atoms with E-state index in [0.29, 0.717) is 39.3 Å². The standard InChI is InChI=1S/C25H16O6/c26-22-11-17(15-6-8-19-21(10-15)30-13-29-19)23-20(31-22)9-7-16-24(27)18(12-28-25(16)23)14-4-2-1-3-5-14/h1-10,12,17H,11,13H2/t17-/m1/s1. The van der Waals surface area contributed by atoms with Crippen LogP contribution < -0.4 is 19.6 Å². The fourth-order valence-electron chi connectivity index (χ4n) is 4.29. The minimum Gasteiger partial charge on any atom is -0.463 e. The van der Waals surface area contributed by atoms with Crippen molar-refractivity contribution in [2.45, 2.75) is 12.3 Å². The number of ether oxygens (including phenoxy) is 3. The van der Waals surface area contributed by atoms with Crippen LogP contribution in [-0.2, 0) is 4.79 Å². The number of carbonyl (C=O) groups excluding carboxylic acids is 1. The molecule has 6 rings (SSSR count). The molecule has 0 N–H and O–H groups in total. The lowest BCUT2D eigenvalue weighted by atomic mass is 9.85. The summed E-state index contributed by atoms with van der Waals surface area (Å²) in [6.07, 6.45) is 1.61. The van der Waals surface area contributed by atoms with Crippen molar-refractivity contribution in [2.75, 3.05) is 6.79 Å². The van der Waals surface area contributed by atoms with Crippen LogP contribution in [0, 0.1) is 0 Å². The van der Waals surface area contributed by atoms with Crippen molar-refractivity contribution in [3.8, 4) is 28.4 Å². The van der Waals surface area contributed by atoms with Gasteiger partial charge in [0.1, 0.15) is 17.6 Å². The molecule has 0 saturated carbocycles. The molecule has 0 amide bonds. The van der Waals surface area contributed by atoms with Crippen LogP contribution in [0.4, 0.5) is 0 Å². The molecule has 152 valence electrons. The highest BCUT2D eigenvalue weighted by molar-refractivity contribution is 5.90. The maximum Gasteiger partial charge on any atom is 0.312 e. The van der Waals surface area contributed by atoms with E-state index in [-0.39, 0.29) is 30.5 Å². The lowest BCUT2D eigenvalue weighted by Gasteiger charge is -2.25. The van der Waals surface area contributed by atoms with E-state index in [1.807, 2.05) is 48.5 Å². The minimum atomic E-state index is -0.335. The van der Waals surface area contributed by atoms with Gasteiger partial charge < -0.3 is 18.6 Å². The Bertz CT molecular complexity index is 1400. The van der Waals surface area contributed by atoms with E-state index in [1.54, 1.807) is 12.1 Å². The number of fused-ring (bicyclic) bond motifs is 4. The van der Waals surface area contributed by atoms with Gasteiger partial charge in [-0.1, -0.05) is 36.4 Å². The first-order chi connectivity index (χ1) is 15.2. The Labute approximate surface area is 176 Å². The average Bonchev–Trinajstić information content (AvgIpc) is 3.27. The number of carbonyl (C=O) groups is 1. The Hall–Kier alpha value is -4.06. The van der Waals surface area contributed by atoms with Gasteiger partial charge in [0.25, 0.3) is 0 Å². The fraction of sp³-hybridized carbons (Fsp3) is 0.120. The van der Waals surface area contributed by atoms with Gasteiger partial charge >= 0.3 is 5.97 Å². The van der Waals surface area contributed by atoms with E-state index in [1.165, 1.54) is 6.26 Å². The highest BCUT2D eigenvalue weighted by Crippen LogP contribution is 2.45. The van der Waals surface area contributed by atoms with Gasteiger partial charge in [-0.3, -0.25) is 9.59 Å². The topological polar surface area (TPSA) is 75.0 Å². The Morgan fingerprint density at radius 3 is 2.52 bits per heavy atom. The van der Waals surface area contributed by atoms with Crippen LogP contribution >= 0.6 is 0 Å². The molecule has 0 saturated heterocycles. The molecule has 31 heavy (non-hydrogen) atoms. The highest BCUT2D eigenvalue weighted by Gasteiger charge is 2.33. The van der Waals surface area contributed by atoms with Gasteiger partial charge in [-0.05, 0) is 35.4 Å². The third-order valence-corrected chi connectivity index (χ3v) is 5.77. The van der Waals surface area contributed by atoms with Crippen molar-refractivity contribution in [3.63, 3.8) is 0 Å². The Morgan fingerprint density at radius 2 is 1.65 bits per heavy atom. The zero-order chi connectivity index (χ0) is 20.9. The summed E-state index contributed by atoms with van der Waals surface area (Å²) in [7, 11) is 0. The molecule has 3 aromatic carbocycles. The Morgan fingerprint density at radius 1 is 0.839 bits per heavy atom. The predicted octanol–water partition coefficient (Wildman–Crippen LogP) is 4.63. The van der Waals surface area contributed by atoms with Crippen molar-refractivity contribution in [3.05, 3.63) is 88.3 Å². The van der Waals surface area contributed by atoms with Gasteiger partial charge in [-0.15, -0.1) is 0 Å². The molecule has 0 aliphatic carbocycles. The summed E-state index contributed by atoms with van der Waals surface area (Å²) < 4.78 is 22.4. The van der Waals surface area contributed by atoms with Crippen LogP contribution in [0.15, 0.2) is 76.1 Å². The molecule has 0 bridgehead atoms. The van der Waals surface area contributed by atoms with Gasteiger partial charge in [0.2, 0.25) is 12.2 Å². The van der Waals surface area contributed by atoms with Crippen LogP contribution in [-0.4, -0.2) is 12.8 Å². The van der Waals surface area contributed by atoms with Crippen LogP contribution in [0.5, 0.6) is 17.2 Å². The largest absolute Gasteiger partial charge is 0.463 e. The Balaban J connectivity index is 1.56. The predicted molar refractivity (Wildman–Crippen MR) is 113 cm³/mol. The second-order valence-corrected chi connectivity index (χ2v) is 7.54. The highest BCUT2D eigenvalue weighted by atomic mass is 16.7. The molecular formula is C25H16O6. The molecular weight excluding hydrogens is 396 g/mol. The first-order valence-corrected chi connectivity index (χ1v) is 9.93. The van der Waals surface area contributed by atoms with Gasteiger partial charge in [-0.2, -0.15) is 0 Å². The molecule has 6 nitrogen and oxygen atoms in total. The number of hydrogen-bond donors (Lipinski definition) is 0. The summed E-state index contributed by atoms with van der Waals surface area (Å²) in [4.78, 5) is 25.6. The van der Waals surface area contributed by atoms with Crippen LogP contribution in [0.2, 0.25) is 0 Å². The SMILES string of the molecule is O=C1C[C@H](c2ccc3c(c2)OCO3)c2c(ccc3c(=O)c(-c4ccccc4)coc23)O1. The summed E-state index contributed by atoms with van der Waals surface area (Å²) in [5.74, 6) is 1.03. The van der Waals surface area contributed by atoms with Crippen LogP contribution in [0.3, 0.4) is 0 Å². The van der Waals surface area contributed by atoms with E-state index < -0.39 is 0 Å². The second kappa shape index (κ2) is 6.74. The molecule has 0 radical (unpaired) electrons. The zero-order valence-corrected chi connectivity index (χ0v) is 16.3. The van der Waals surface area contributed by atoms with E-state index >= 15 is 0 Å². The second-order valence-electron chi connectivity index (χ2n) is 7.54. The maximum atomic E-state index is 13.3. The van der Waals surface area contributed by atoms with Gasteiger partial charge in [0, 0.05) is 11.5 Å². The third kappa shape index (κ3) is 2.79. The van der Waals surface area contributed by atoms with Crippen molar-refractivity contribution in [1.29, 1.82) is 0 Å². The summed E-state index contributed by atoms with van der Waals surface area (Å²) in [5, 5.41) is 0.448. The Kier molecular flexibility index (Phi) is 3.86. The van der Waals surface area contributed by atoms with Crippen LogP contribution in [0.1, 0.15) is 23.5 Å². The lowest BCUT2D eigenvalue weighted by Crippen LogP contribution is -2.22. The molecule has 6 heteroatoms. The molecule has 0 unspecified atom stereocenters.